The van der Waals surface area contributed by atoms with Crippen LogP contribution in [-0.4, -0.2) is 90.8 Å². The summed E-state index contributed by atoms with van der Waals surface area (Å²) in [5.41, 5.74) is 2.13. The van der Waals surface area contributed by atoms with Crippen molar-refractivity contribution in [3.63, 3.8) is 0 Å². The summed E-state index contributed by atoms with van der Waals surface area (Å²) in [4.78, 5) is 22.3. The molecule has 0 saturated carbocycles. The summed E-state index contributed by atoms with van der Waals surface area (Å²) in [6.45, 7) is 15.0. The molecule has 0 heterocycles. The van der Waals surface area contributed by atoms with E-state index in [0.717, 1.165) is 35.0 Å². The van der Waals surface area contributed by atoms with Crippen molar-refractivity contribution in [1.29, 1.82) is 0 Å². The fourth-order valence-corrected chi connectivity index (χ4v) is 5.41. The van der Waals surface area contributed by atoms with Crippen molar-refractivity contribution in [2.45, 2.75) is 69.9 Å². The third-order valence-electron chi connectivity index (χ3n) is 9.16. The van der Waals surface area contributed by atoms with Crippen LogP contribution in [0.4, 0.5) is 0 Å². The molecular formula is C42H52O11. The van der Waals surface area contributed by atoms with E-state index < -0.39 is 35.9 Å². The Morgan fingerprint density at radius 3 is 1.77 bits per heavy atom. The van der Waals surface area contributed by atoms with Crippen LogP contribution in [-0.2, 0) is 34.0 Å². The summed E-state index contributed by atoms with van der Waals surface area (Å²) in [5.74, 6) is 2.27. The minimum absolute atomic E-state index is 0.0228. The Morgan fingerprint density at radius 1 is 0.774 bits per heavy atom. The van der Waals surface area contributed by atoms with Gasteiger partial charge in [-0.05, 0) is 54.8 Å². The monoisotopic (exact) mass is 732 g/mol. The van der Waals surface area contributed by atoms with E-state index in [4.69, 9.17) is 34.8 Å². The van der Waals surface area contributed by atoms with E-state index in [2.05, 4.69) is 27.0 Å². The molecule has 0 amide bonds. The fourth-order valence-electron chi connectivity index (χ4n) is 5.41. The molecule has 0 spiro atoms. The van der Waals surface area contributed by atoms with E-state index >= 15 is 0 Å². The average Bonchev–Trinajstić information content (AvgIpc) is 3.18. The maximum atomic E-state index is 11.2. The minimum Gasteiger partial charge on any atom is -0.495 e. The number of carbonyl (C=O) groups is 2. The molecule has 5 atom stereocenters. The maximum Gasteiger partial charge on any atom is 0.384 e. The predicted octanol–water partition coefficient (Wildman–Crippen LogP) is 4.98. The Balaban J connectivity index is 1.44. The molecule has 1 aliphatic rings. The van der Waals surface area contributed by atoms with Gasteiger partial charge in [0.25, 0.3) is 0 Å². The summed E-state index contributed by atoms with van der Waals surface area (Å²) in [6, 6.07) is 15.3. The van der Waals surface area contributed by atoms with Crippen LogP contribution < -0.4 is 9.47 Å². The van der Waals surface area contributed by atoms with E-state index in [9.17, 15) is 24.9 Å². The van der Waals surface area contributed by atoms with Crippen LogP contribution >= 0.6 is 0 Å². The van der Waals surface area contributed by atoms with E-state index in [1.165, 1.54) is 0 Å². The number of carbonyl (C=O) groups excluding carboxylic acids is 2. The highest BCUT2D eigenvalue weighted by Crippen LogP contribution is 2.35. The summed E-state index contributed by atoms with van der Waals surface area (Å²) in [7, 11) is 0. The second kappa shape index (κ2) is 20.4. The molecule has 286 valence electrons. The van der Waals surface area contributed by atoms with Gasteiger partial charge in [-0.1, -0.05) is 69.3 Å². The highest BCUT2D eigenvalue weighted by Gasteiger charge is 2.33. The summed E-state index contributed by atoms with van der Waals surface area (Å²) in [5, 5.41) is 30.7. The van der Waals surface area contributed by atoms with Crippen LogP contribution in [0.15, 0.2) is 97.3 Å². The van der Waals surface area contributed by atoms with E-state index in [1.807, 2.05) is 80.5 Å². The van der Waals surface area contributed by atoms with Gasteiger partial charge in [0, 0.05) is 29.8 Å². The smallest absolute Gasteiger partial charge is 0.384 e. The number of rotatable bonds is 22. The third-order valence-corrected chi connectivity index (χ3v) is 9.16. The van der Waals surface area contributed by atoms with Crippen molar-refractivity contribution in [3.05, 3.63) is 108 Å². The highest BCUT2D eigenvalue weighted by atomic mass is 16.6. The number of hydrogen-bond donors (Lipinski definition) is 3. The number of benzene rings is 2. The summed E-state index contributed by atoms with van der Waals surface area (Å²) >= 11 is 0. The fraction of sp³-hybridized carbons (Fsp3) is 0.429. The molecule has 0 aromatic heterocycles. The van der Waals surface area contributed by atoms with Gasteiger partial charge in [0.05, 0.1) is 18.0 Å². The van der Waals surface area contributed by atoms with Crippen molar-refractivity contribution >= 4 is 11.9 Å². The topological polar surface area (TPSA) is 150 Å². The zero-order valence-corrected chi connectivity index (χ0v) is 31.0. The van der Waals surface area contributed by atoms with Crippen LogP contribution in [0.5, 0.6) is 11.5 Å². The Morgan fingerprint density at radius 2 is 1.28 bits per heavy atom. The first-order chi connectivity index (χ1) is 25.2. The van der Waals surface area contributed by atoms with Crippen LogP contribution in [0, 0.1) is 18.3 Å². The first-order valence-electron chi connectivity index (χ1n) is 17.4. The van der Waals surface area contributed by atoms with Crippen LogP contribution in [0.2, 0.25) is 0 Å². The Hall–Kier alpha value is -4.86. The Labute approximate surface area is 312 Å². The number of aliphatic hydroxyl groups is 3. The average molecular weight is 733 g/mol. The highest BCUT2D eigenvalue weighted by molar-refractivity contribution is 5.87. The third kappa shape index (κ3) is 13.3. The lowest BCUT2D eigenvalue weighted by Gasteiger charge is -2.36. The van der Waals surface area contributed by atoms with Crippen molar-refractivity contribution in [2.75, 3.05) is 39.6 Å². The zero-order valence-electron chi connectivity index (χ0n) is 31.0. The molecule has 53 heavy (non-hydrogen) atoms. The molecule has 0 radical (unpaired) electrons. The molecule has 3 N–H and O–H groups in total. The summed E-state index contributed by atoms with van der Waals surface area (Å²) in [6.07, 6.45) is 10.1. The van der Waals surface area contributed by atoms with Crippen molar-refractivity contribution in [1.82, 2.24) is 0 Å². The molecule has 1 aliphatic carbocycles. The molecule has 0 aliphatic heterocycles. The second-order valence-corrected chi connectivity index (χ2v) is 13.4. The lowest BCUT2D eigenvalue weighted by Crippen LogP contribution is -2.39. The van der Waals surface area contributed by atoms with Gasteiger partial charge in [0.1, 0.15) is 62.8 Å². The molecule has 2 aromatic rings. The van der Waals surface area contributed by atoms with Gasteiger partial charge in [-0.3, -0.25) is 0 Å². The Kier molecular flexibility index (Phi) is 16.4. The van der Waals surface area contributed by atoms with Crippen molar-refractivity contribution in [2.24, 2.45) is 5.92 Å². The van der Waals surface area contributed by atoms with Gasteiger partial charge in [-0.2, -0.15) is 0 Å². The normalized spacial score (nSPS) is 16.2. The molecule has 0 bridgehead atoms. The number of allylic oxidation sites excluding steroid dienone is 3. The van der Waals surface area contributed by atoms with Crippen LogP contribution in [0.25, 0.3) is 0 Å². The standard InChI is InChI=1S/C42H52O11/c1-8-39(46)51-26-34(44)25-50-38-21-15-32(16-22-38)41(5,6)31-13-19-37(20-14-31)49-24-33(43)23-48-36-17-11-30(12-18-36)29(4)42(7,10-3)53-28-35(45)27-52-40(47)9-2/h2,8,10-11,13-17,19-22,29,33-35,43-45H,1,3,12,18,23-28H2,4-7H3/t29-,33?,34?,35?,42?/m1/s1. The van der Waals surface area contributed by atoms with Crippen LogP contribution in [0.1, 0.15) is 51.7 Å². The molecule has 11 nitrogen and oxygen atoms in total. The number of hydrogen-bond acceptors (Lipinski definition) is 11. The molecule has 3 rings (SSSR count). The SMILES string of the molecule is C#CC(=O)OCC(O)COC(C)(C=C)[C@H](C)C1=CC=C(OCC(O)COc2ccc(C(C)(C)c3ccc(OCC(O)COC(=O)C=C)cc3)cc2)CC1. The second-order valence-electron chi connectivity index (χ2n) is 13.4. The van der Waals surface area contributed by atoms with Crippen LogP contribution in [0.3, 0.4) is 0 Å². The quantitative estimate of drug-likeness (QED) is 0.0495. The van der Waals surface area contributed by atoms with E-state index in [1.54, 1.807) is 6.08 Å². The van der Waals surface area contributed by atoms with Gasteiger partial charge in [-0.25, -0.2) is 9.59 Å². The minimum atomic E-state index is -1.03. The first kappa shape index (κ1) is 42.6. The first-order valence-corrected chi connectivity index (χ1v) is 17.4. The largest absolute Gasteiger partial charge is 0.495 e. The zero-order chi connectivity index (χ0) is 39.0. The number of aliphatic hydroxyl groups excluding tert-OH is 3. The molecule has 0 fully saturated rings. The van der Waals surface area contributed by atoms with Gasteiger partial charge in [0.2, 0.25) is 0 Å². The maximum absolute atomic E-state index is 11.2. The molecular weight excluding hydrogens is 680 g/mol. The van der Waals surface area contributed by atoms with E-state index in [-0.39, 0.29) is 51.0 Å². The van der Waals surface area contributed by atoms with Gasteiger partial charge in [-0.15, -0.1) is 13.0 Å². The Bertz CT molecular complexity index is 1620. The lowest BCUT2D eigenvalue weighted by molar-refractivity contribution is -0.143. The van der Waals surface area contributed by atoms with Gasteiger partial charge >= 0.3 is 11.9 Å². The molecule has 11 heteroatoms. The van der Waals surface area contributed by atoms with Gasteiger partial charge < -0.3 is 43.7 Å². The lowest BCUT2D eigenvalue weighted by atomic mass is 9.78. The molecule has 0 saturated heterocycles. The van der Waals surface area contributed by atoms with Gasteiger partial charge in [0.15, 0.2) is 0 Å². The predicted molar refractivity (Wildman–Crippen MR) is 200 cm³/mol. The molecule has 4 unspecified atom stereocenters. The number of terminal acetylenes is 1. The number of esters is 2. The van der Waals surface area contributed by atoms with E-state index in [0.29, 0.717) is 17.9 Å². The van der Waals surface area contributed by atoms with Crippen molar-refractivity contribution in [3.8, 4) is 23.8 Å². The number of ether oxygens (including phenoxy) is 6. The van der Waals surface area contributed by atoms with Crippen molar-refractivity contribution < 1.29 is 53.3 Å². The summed E-state index contributed by atoms with van der Waals surface area (Å²) < 4.78 is 32.9. The molecule has 2 aromatic carbocycles.